The smallest absolute Gasteiger partial charge is 0.125 e. The van der Waals surface area contributed by atoms with Crippen LogP contribution < -0.4 is 0 Å². The average Bonchev–Trinajstić information content (AvgIpc) is 3.21. The molecule has 0 aromatic carbocycles. The maximum atomic E-state index is 12.0. The van der Waals surface area contributed by atoms with Gasteiger partial charge in [0.25, 0.3) is 0 Å². The van der Waals surface area contributed by atoms with Gasteiger partial charge in [-0.3, -0.25) is 0 Å². The third-order valence-corrected chi connectivity index (χ3v) is 8.54. The molecule has 1 spiro atoms. The van der Waals surface area contributed by atoms with Crippen LogP contribution in [0.5, 0.6) is 0 Å². The molecule has 3 aliphatic carbocycles. The summed E-state index contributed by atoms with van der Waals surface area (Å²) in [5, 5.41) is 22.0. The Kier molecular flexibility index (Phi) is 3.09. The molecule has 3 saturated carbocycles. The van der Waals surface area contributed by atoms with Crippen molar-refractivity contribution in [2.75, 3.05) is 6.61 Å². The Morgan fingerprint density at radius 3 is 2.57 bits per heavy atom. The molecule has 3 heteroatoms. The van der Waals surface area contributed by atoms with Gasteiger partial charge in [0, 0.05) is 12.0 Å². The van der Waals surface area contributed by atoms with Gasteiger partial charge < -0.3 is 14.9 Å². The third-order valence-electron chi connectivity index (χ3n) is 8.54. The van der Waals surface area contributed by atoms with Gasteiger partial charge in [0.2, 0.25) is 0 Å². The molecule has 1 heterocycles. The number of epoxide rings is 1. The summed E-state index contributed by atoms with van der Waals surface area (Å²) in [4.78, 5) is 0. The van der Waals surface area contributed by atoms with E-state index in [-0.39, 0.29) is 34.6 Å². The van der Waals surface area contributed by atoms with Crippen LogP contribution in [0.1, 0.15) is 65.7 Å². The first kappa shape index (κ1) is 16.1. The van der Waals surface area contributed by atoms with E-state index in [1.54, 1.807) is 0 Å². The molecular weight excluding hydrogens is 288 g/mol. The summed E-state index contributed by atoms with van der Waals surface area (Å²) < 4.78 is 6.29. The Morgan fingerprint density at radius 1 is 1.17 bits per heavy atom. The van der Waals surface area contributed by atoms with Crippen LogP contribution in [0.4, 0.5) is 0 Å². The zero-order chi connectivity index (χ0) is 16.7. The highest BCUT2D eigenvalue weighted by Crippen LogP contribution is 2.74. The van der Waals surface area contributed by atoms with Crippen molar-refractivity contribution in [1.29, 1.82) is 0 Å². The molecule has 4 rings (SSSR count). The Labute approximate surface area is 140 Å². The summed E-state index contributed by atoms with van der Waals surface area (Å²) in [5.74, 6) is 0.340. The number of ether oxygens (including phenoxy) is 1. The molecule has 0 amide bonds. The highest BCUT2D eigenvalue weighted by Gasteiger charge is 2.81. The first-order chi connectivity index (χ1) is 10.7. The van der Waals surface area contributed by atoms with Crippen molar-refractivity contribution >= 4 is 0 Å². The molecular formula is C20H32O3. The fourth-order valence-electron chi connectivity index (χ4n) is 6.85. The predicted molar refractivity (Wildman–Crippen MR) is 90.0 cm³/mol. The van der Waals surface area contributed by atoms with E-state index in [0.717, 1.165) is 44.9 Å². The van der Waals surface area contributed by atoms with E-state index >= 15 is 0 Å². The lowest BCUT2D eigenvalue weighted by atomic mass is 9.41. The summed E-state index contributed by atoms with van der Waals surface area (Å²) in [6, 6.07) is 0. The molecule has 0 unspecified atom stereocenters. The van der Waals surface area contributed by atoms with E-state index in [0.29, 0.717) is 5.92 Å². The number of hydrogen-bond acceptors (Lipinski definition) is 3. The quantitative estimate of drug-likeness (QED) is 0.605. The van der Waals surface area contributed by atoms with Crippen LogP contribution in [0.2, 0.25) is 0 Å². The van der Waals surface area contributed by atoms with Crippen LogP contribution in [-0.2, 0) is 4.74 Å². The van der Waals surface area contributed by atoms with E-state index < -0.39 is 5.60 Å². The van der Waals surface area contributed by atoms with Crippen LogP contribution in [0.3, 0.4) is 0 Å². The molecule has 1 aliphatic heterocycles. The van der Waals surface area contributed by atoms with Crippen LogP contribution in [0, 0.1) is 22.2 Å². The minimum atomic E-state index is -0.757. The summed E-state index contributed by atoms with van der Waals surface area (Å²) in [5.41, 5.74) is -1.29. The van der Waals surface area contributed by atoms with Gasteiger partial charge in [-0.05, 0) is 55.3 Å². The number of aliphatic hydroxyl groups excluding tert-OH is 1. The molecule has 0 bridgehead atoms. The number of fused-ring (bicyclic) bond motifs is 2. The predicted octanol–water partition coefficient (Wildman–Crippen LogP) is 3.44. The number of rotatable bonds is 2. The molecule has 4 fully saturated rings. The minimum absolute atomic E-state index is 0.0686. The average molecular weight is 320 g/mol. The van der Waals surface area contributed by atoms with Gasteiger partial charge >= 0.3 is 0 Å². The fourth-order valence-corrected chi connectivity index (χ4v) is 6.85. The number of allylic oxidation sites excluding steroid dienone is 1. The van der Waals surface area contributed by atoms with Gasteiger partial charge in [-0.25, -0.2) is 0 Å². The minimum Gasteiger partial charge on any atom is -0.396 e. The zero-order valence-electron chi connectivity index (χ0n) is 14.9. The van der Waals surface area contributed by atoms with E-state index in [1.165, 1.54) is 0 Å². The second-order valence-corrected chi connectivity index (χ2v) is 9.76. The second-order valence-electron chi connectivity index (χ2n) is 9.76. The third kappa shape index (κ3) is 1.72. The summed E-state index contributed by atoms with van der Waals surface area (Å²) in [6.45, 7) is 11.0. The molecule has 23 heavy (non-hydrogen) atoms. The first-order valence-electron chi connectivity index (χ1n) is 9.33. The van der Waals surface area contributed by atoms with Crippen LogP contribution >= 0.6 is 0 Å². The van der Waals surface area contributed by atoms with Gasteiger partial charge in [-0.1, -0.05) is 33.3 Å². The van der Waals surface area contributed by atoms with Crippen molar-refractivity contribution < 1.29 is 14.9 Å². The Balaban J connectivity index is 1.77. The van der Waals surface area contributed by atoms with E-state index in [2.05, 4.69) is 33.4 Å². The molecule has 2 N–H and O–H groups in total. The topological polar surface area (TPSA) is 53.0 Å². The van der Waals surface area contributed by atoms with Crippen molar-refractivity contribution in [2.45, 2.75) is 83.0 Å². The van der Waals surface area contributed by atoms with Crippen molar-refractivity contribution in [3.05, 3.63) is 12.7 Å². The Morgan fingerprint density at radius 2 is 1.91 bits per heavy atom. The van der Waals surface area contributed by atoms with Crippen molar-refractivity contribution in [3.63, 3.8) is 0 Å². The Bertz CT molecular complexity index is 547. The molecule has 7 atom stereocenters. The summed E-state index contributed by atoms with van der Waals surface area (Å²) in [7, 11) is 0. The van der Waals surface area contributed by atoms with Crippen molar-refractivity contribution in [2.24, 2.45) is 22.2 Å². The number of aliphatic hydroxyl groups is 2. The maximum absolute atomic E-state index is 12.0. The van der Waals surface area contributed by atoms with Gasteiger partial charge in [0.1, 0.15) is 11.2 Å². The molecule has 4 aliphatic rings. The zero-order valence-corrected chi connectivity index (χ0v) is 14.9. The van der Waals surface area contributed by atoms with Gasteiger partial charge in [0.05, 0.1) is 6.10 Å². The molecule has 0 radical (unpaired) electrons. The SMILES string of the molecule is C=C[C@@]1(C)CC[C@@]2(O)[C@]3(C)CCC[C@](C)(CO)[C@@H]3C[C@H]3O[C@]32C1. The summed E-state index contributed by atoms with van der Waals surface area (Å²) >= 11 is 0. The first-order valence-corrected chi connectivity index (χ1v) is 9.33. The fraction of sp³-hybridized carbons (Fsp3) is 0.900. The normalized spacial score (nSPS) is 61.1. The lowest BCUT2D eigenvalue weighted by Gasteiger charge is -2.64. The monoisotopic (exact) mass is 320 g/mol. The lowest BCUT2D eigenvalue weighted by Crippen LogP contribution is -2.70. The highest BCUT2D eigenvalue weighted by atomic mass is 16.6. The van der Waals surface area contributed by atoms with Crippen molar-refractivity contribution in [1.82, 2.24) is 0 Å². The summed E-state index contributed by atoms with van der Waals surface area (Å²) in [6.07, 6.45) is 9.07. The molecule has 130 valence electrons. The van der Waals surface area contributed by atoms with E-state index in [1.807, 2.05) is 0 Å². The van der Waals surface area contributed by atoms with E-state index in [4.69, 9.17) is 4.74 Å². The van der Waals surface area contributed by atoms with Gasteiger partial charge in [0.15, 0.2) is 0 Å². The molecule has 1 saturated heterocycles. The highest BCUT2D eigenvalue weighted by molar-refractivity contribution is 5.31. The lowest BCUT2D eigenvalue weighted by molar-refractivity contribution is -0.229. The van der Waals surface area contributed by atoms with Crippen LogP contribution in [0.15, 0.2) is 12.7 Å². The van der Waals surface area contributed by atoms with Gasteiger partial charge in [-0.15, -0.1) is 6.58 Å². The van der Waals surface area contributed by atoms with E-state index in [9.17, 15) is 10.2 Å². The maximum Gasteiger partial charge on any atom is 0.125 e. The van der Waals surface area contributed by atoms with Crippen LogP contribution in [0.25, 0.3) is 0 Å². The molecule has 0 aromatic heterocycles. The largest absolute Gasteiger partial charge is 0.396 e. The standard InChI is InChI=1S/C20H32O3/c1-5-16(2)9-10-20(22)18(4)8-6-7-17(3,13-21)14(18)11-15-19(20,12-16)23-15/h5,14-15,21-22H,1,6-13H2,2-4H3/t14-,15+,16-,17+,18+,19+,20+/m0/s1. The molecule has 0 aromatic rings. The molecule has 3 nitrogen and oxygen atoms in total. The second kappa shape index (κ2) is 4.42. The Hall–Kier alpha value is -0.380. The van der Waals surface area contributed by atoms with Crippen LogP contribution in [-0.4, -0.2) is 34.1 Å². The number of hydrogen-bond donors (Lipinski definition) is 2. The van der Waals surface area contributed by atoms with Gasteiger partial charge in [-0.2, -0.15) is 0 Å². The van der Waals surface area contributed by atoms with Crippen molar-refractivity contribution in [3.8, 4) is 0 Å².